The number of esters is 1. The summed E-state index contributed by atoms with van der Waals surface area (Å²) in [5.74, 6) is -0.955. The van der Waals surface area contributed by atoms with Gasteiger partial charge in [-0.2, -0.15) is 0 Å². The highest BCUT2D eigenvalue weighted by atomic mass is 16.5. The molecule has 0 aliphatic carbocycles. The first-order valence-corrected chi connectivity index (χ1v) is 7.81. The number of piperidine rings is 1. The number of hydrogen-bond donors (Lipinski definition) is 1. The van der Waals surface area contributed by atoms with Crippen LogP contribution in [0.4, 0.5) is 5.69 Å². The molecule has 1 aliphatic rings. The molecular formula is C17H22N2O4. The third-order valence-corrected chi connectivity index (χ3v) is 3.87. The average Bonchev–Trinajstić information content (AvgIpc) is 2.52. The second-order valence-corrected chi connectivity index (χ2v) is 5.77. The zero-order valence-electron chi connectivity index (χ0n) is 13.5. The summed E-state index contributed by atoms with van der Waals surface area (Å²) in [5.41, 5.74) is 0.818. The number of amides is 2. The van der Waals surface area contributed by atoms with Gasteiger partial charge in [-0.15, -0.1) is 0 Å². The van der Waals surface area contributed by atoms with Gasteiger partial charge in [-0.1, -0.05) is 6.07 Å². The molecule has 0 aromatic heterocycles. The summed E-state index contributed by atoms with van der Waals surface area (Å²) in [6.07, 6.45) is 3.10. The highest BCUT2D eigenvalue weighted by molar-refractivity contribution is 5.94. The average molecular weight is 318 g/mol. The van der Waals surface area contributed by atoms with Crippen molar-refractivity contribution in [1.82, 2.24) is 4.90 Å². The van der Waals surface area contributed by atoms with Crippen molar-refractivity contribution in [3.63, 3.8) is 0 Å². The second kappa shape index (κ2) is 7.76. The third-order valence-electron chi connectivity index (χ3n) is 3.87. The Kier molecular flexibility index (Phi) is 5.73. The number of rotatable bonds is 4. The Labute approximate surface area is 135 Å². The maximum absolute atomic E-state index is 12.1. The number of carbonyl (C=O) groups is 3. The predicted octanol–water partition coefficient (Wildman–Crippen LogP) is 2.20. The molecular weight excluding hydrogens is 296 g/mol. The van der Waals surface area contributed by atoms with E-state index in [0.717, 1.165) is 25.8 Å². The minimum Gasteiger partial charge on any atom is -0.452 e. The lowest BCUT2D eigenvalue weighted by Gasteiger charge is -2.33. The smallest absolute Gasteiger partial charge is 0.338 e. The molecule has 0 saturated carbocycles. The topological polar surface area (TPSA) is 75.7 Å². The molecule has 23 heavy (non-hydrogen) atoms. The molecule has 1 unspecified atom stereocenters. The fourth-order valence-corrected chi connectivity index (χ4v) is 2.69. The predicted molar refractivity (Wildman–Crippen MR) is 86.1 cm³/mol. The van der Waals surface area contributed by atoms with Gasteiger partial charge in [-0.25, -0.2) is 4.79 Å². The number of nitrogens with zero attached hydrogens (tertiary/aromatic N) is 1. The van der Waals surface area contributed by atoms with E-state index < -0.39 is 5.97 Å². The summed E-state index contributed by atoms with van der Waals surface area (Å²) < 4.78 is 5.11. The number of ether oxygens (including phenoxy) is 1. The van der Waals surface area contributed by atoms with E-state index in [9.17, 15) is 14.4 Å². The molecule has 1 saturated heterocycles. The van der Waals surface area contributed by atoms with E-state index in [2.05, 4.69) is 5.32 Å². The Morgan fingerprint density at radius 2 is 2.09 bits per heavy atom. The van der Waals surface area contributed by atoms with Gasteiger partial charge in [0.15, 0.2) is 6.61 Å². The minimum absolute atomic E-state index is 0.163. The monoisotopic (exact) mass is 318 g/mol. The molecule has 1 N–H and O–H groups in total. The van der Waals surface area contributed by atoms with Gasteiger partial charge in [-0.05, 0) is 44.4 Å². The fourth-order valence-electron chi connectivity index (χ4n) is 2.69. The number of likely N-dealkylation sites (tertiary alicyclic amines) is 1. The van der Waals surface area contributed by atoms with Crippen LogP contribution in [0.25, 0.3) is 0 Å². The van der Waals surface area contributed by atoms with E-state index in [1.165, 1.54) is 13.0 Å². The van der Waals surface area contributed by atoms with E-state index >= 15 is 0 Å². The van der Waals surface area contributed by atoms with Crippen molar-refractivity contribution in [2.24, 2.45) is 0 Å². The Balaban J connectivity index is 1.91. The molecule has 1 fully saturated rings. The quantitative estimate of drug-likeness (QED) is 0.864. The molecule has 2 amide bonds. The largest absolute Gasteiger partial charge is 0.452 e. The standard InChI is InChI=1S/C17H22N2O4/c1-12-6-3-4-9-19(12)16(21)11-23-17(22)14-7-5-8-15(10-14)18-13(2)20/h5,7-8,10,12H,3-4,6,9,11H2,1-2H3,(H,18,20). The molecule has 0 radical (unpaired) electrons. The molecule has 6 nitrogen and oxygen atoms in total. The molecule has 1 aliphatic heterocycles. The second-order valence-electron chi connectivity index (χ2n) is 5.77. The fraction of sp³-hybridized carbons (Fsp3) is 0.471. The van der Waals surface area contributed by atoms with E-state index in [1.54, 1.807) is 23.1 Å². The van der Waals surface area contributed by atoms with Crippen molar-refractivity contribution in [1.29, 1.82) is 0 Å². The van der Waals surface area contributed by atoms with Gasteiger partial charge < -0.3 is 15.0 Å². The zero-order valence-corrected chi connectivity index (χ0v) is 13.5. The van der Waals surface area contributed by atoms with Crippen LogP contribution in [0, 0.1) is 0 Å². The normalized spacial score (nSPS) is 17.5. The summed E-state index contributed by atoms with van der Waals surface area (Å²) >= 11 is 0. The van der Waals surface area contributed by atoms with Gasteiger partial charge in [0.1, 0.15) is 0 Å². The van der Waals surface area contributed by atoms with E-state index in [0.29, 0.717) is 11.3 Å². The van der Waals surface area contributed by atoms with Crippen LogP contribution in [0.3, 0.4) is 0 Å². The Morgan fingerprint density at radius 1 is 1.30 bits per heavy atom. The molecule has 0 spiro atoms. The van der Waals surface area contributed by atoms with Crippen molar-refractivity contribution in [2.45, 2.75) is 39.2 Å². The van der Waals surface area contributed by atoms with Gasteiger partial charge in [0, 0.05) is 25.2 Å². The number of carbonyl (C=O) groups excluding carboxylic acids is 3. The first-order valence-electron chi connectivity index (χ1n) is 7.81. The van der Waals surface area contributed by atoms with Crippen LogP contribution in [0.2, 0.25) is 0 Å². The third kappa shape index (κ3) is 4.81. The number of benzene rings is 1. The molecule has 1 aromatic carbocycles. The Hall–Kier alpha value is -2.37. The Bertz CT molecular complexity index is 600. The van der Waals surface area contributed by atoms with Crippen LogP contribution in [-0.4, -0.2) is 41.9 Å². The highest BCUT2D eigenvalue weighted by Crippen LogP contribution is 2.17. The molecule has 1 atom stereocenters. The number of hydrogen-bond acceptors (Lipinski definition) is 4. The van der Waals surface area contributed by atoms with E-state index in [1.807, 2.05) is 6.92 Å². The van der Waals surface area contributed by atoms with E-state index in [4.69, 9.17) is 4.74 Å². The van der Waals surface area contributed by atoms with Crippen LogP contribution in [0.1, 0.15) is 43.5 Å². The lowest BCUT2D eigenvalue weighted by Crippen LogP contribution is -2.44. The van der Waals surface area contributed by atoms with Crippen molar-refractivity contribution < 1.29 is 19.1 Å². The summed E-state index contributed by atoms with van der Waals surface area (Å²) in [5, 5.41) is 2.60. The number of nitrogens with one attached hydrogen (secondary N) is 1. The van der Waals surface area contributed by atoms with Crippen LogP contribution in [-0.2, 0) is 14.3 Å². The van der Waals surface area contributed by atoms with Crippen molar-refractivity contribution in [3.8, 4) is 0 Å². The molecule has 2 rings (SSSR count). The SMILES string of the molecule is CC(=O)Nc1cccc(C(=O)OCC(=O)N2CCCCC2C)c1. The van der Waals surface area contributed by atoms with Crippen LogP contribution >= 0.6 is 0 Å². The molecule has 6 heteroatoms. The highest BCUT2D eigenvalue weighted by Gasteiger charge is 2.24. The summed E-state index contributed by atoms with van der Waals surface area (Å²) in [7, 11) is 0. The van der Waals surface area contributed by atoms with Crippen molar-refractivity contribution >= 4 is 23.5 Å². The van der Waals surface area contributed by atoms with Crippen LogP contribution < -0.4 is 5.32 Å². The summed E-state index contributed by atoms with van der Waals surface area (Å²) in [6, 6.07) is 6.63. The van der Waals surface area contributed by atoms with Crippen molar-refractivity contribution in [2.75, 3.05) is 18.5 Å². The Morgan fingerprint density at radius 3 is 2.78 bits per heavy atom. The van der Waals surface area contributed by atoms with Gasteiger partial charge in [0.25, 0.3) is 5.91 Å². The maximum atomic E-state index is 12.1. The van der Waals surface area contributed by atoms with Gasteiger partial charge >= 0.3 is 5.97 Å². The molecule has 124 valence electrons. The molecule has 1 heterocycles. The maximum Gasteiger partial charge on any atom is 0.338 e. The van der Waals surface area contributed by atoms with Gasteiger partial charge in [0.05, 0.1) is 5.56 Å². The van der Waals surface area contributed by atoms with Crippen LogP contribution in [0.5, 0.6) is 0 Å². The van der Waals surface area contributed by atoms with Crippen molar-refractivity contribution in [3.05, 3.63) is 29.8 Å². The molecule has 1 aromatic rings. The van der Waals surface area contributed by atoms with Gasteiger partial charge in [0.2, 0.25) is 5.91 Å². The first-order chi connectivity index (χ1) is 11.0. The first kappa shape index (κ1) is 17.0. The lowest BCUT2D eigenvalue weighted by molar-refractivity contribution is -0.137. The lowest BCUT2D eigenvalue weighted by atomic mass is 10.0. The van der Waals surface area contributed by atoms with Gasteiger partial charge in [-0.3, -0.25) is 9.59 Å². The zero-order chi connectivity index (χ0) is 16.8. The minimum atomic E-state index is -0.574. The van der Waals surface area contributed by atoms with E-state index in [-0.39, 0.29) is 24.5 Å². The summed E-state index contributed by atoms with van der Waals surface area (Å²) in [4.78, 5) is 37.0. The molecule has 0 bridgehead atoms. The number of anilines is 1. The summed E-state index contributed by atoms with van der Waals surface area (Å²) in [6.45, 7) is 3.86. The van der Waals surface area contributed by atoms with Crippen LogP contribution in [0.15, 0.2) is 24.3 Å².